The first kappa shape index (κ1) is 8.86. The predicted molar refractivity (Wildman–Crippen MR) is 61.9 cm³/mol. The monoisotopic (exact) mass is 198 g/mol. The Morgan fingerprint density at radius 3 is 3.07 bits per heavy atom. The fourth-order valence-corrected chi connectivity index (χ4v) is 2.38. The zero-order valence-electron chi connectivity index (χ0n) is 8.88. The summed E-state index contributed by atoms with van der Waals surface area (Å²) in [5.41, 5.74) is 5.22. The second kappa shape index (κ2) is 3.31. The summed E-state index contributed by atoms with van der Waals surface area (Å²) in [4.78, 5) is 4.71. The van der Waals surface area contributed by atoms with Crippen molar-refractivity contribution < 1.29 is 0 Å². The van der Waals surface area contributed by atoms with Crippen LogP contribution in [0.5, 0.6) is 0 Å². The molecule has 0 saturated heterocycles. The van der Waals surface area contributed by atoms with Gasteiger partial charge in [0.2, 0.25) is 0 Å². The van der Waals surface area contributed by atoms with Crippen molar-refractivity contribution in [2.45, 2.75) is 19.9 Å². The van der Waals surface area contributed by atoms with Crippen molar-refractivity contribution in [3.63, 3.8) is 0 Å². The molecule has 0 atom stereocenters. The molecule has 0 amide bonds. The molecular formula is C13H14N2. The van der Waals surface area contributed by atoms with E-state index in [0.29, 0.717) is 0 Å². The highest BCUT2D eigenvalue weighted by molar-refractivity contribution is 5.83. The number of nitrogens with zero attached hydrogens (tertiary/aromatic N) is 1. The Kier molecular flexibility index (Phi) is 1.96. The number of rotatable bonds is 0. The molecule has 0 radical (unpaired) electrons. The summed E-state index contributed by atoms with van der Waals surface area (Å²) in [5.74, 6) is 0. The molecule has 76 valence electrons. The van der Waals surface area contributed by atoms with E-state index in [1.54, 1.807) is 0 Å². The molecule has 2 nitrogen and oxygen atoms in total. The van der Waals surface area contributed by atoms with E-state index in [1.807, 2.05) is 0 Å². The van der Waals surface area contributed by atoms with Crippen LogP contribution in [0.4, 0.5) is 0 Å². The predicted octanol–water partition coefficient (Wildman–Crippen LogP) is 2.19. The average Bonchev–Trinajstić information content (AvgIpc) is 2.30. The number of hydrogen-bond acceptors (Lipinski definition) is 2. The van der Waals surface area contributed by atoms with Crippen molar-refractivity contribution >= 4 is 10.9 Å². The van der Waals surface area contributed by atoms with Crippen LogP contribution in [0.3, 0.4) is 0 Å². The topological polar surface area (TPSA) is 24.9 Å². The molecule has 2 heterocycles. The molecule has 0 spiro atoms. The van der Waals surface area contributed by atoms with Gasteiger partial charge in [-0.2, -0.15) is 0 Å². The number of hydrogen-bond donors (Lipinski definition) is 1. The summed E-state index contributed by atoms with van der Waals surface area (Å²) >= 11 is 0. The van der Waals surface area contributed by atoms with Gasteiger partial charge in [-0.25, -0.2) is 0 Å². The molecule has 1 aliphatic heterocycles. The van der Waals surface area contributed by atoms with E-state index in [0.717, 1.165) is 25.0 Å². The Labute approximate surface area is 89.3 Å². The Bertz CT molecular complexity index is 517. The SMILES string of the molecule is Cc1c2c(nc3ccccc13)CNCC2. The number of para-hydroxylation sites is 1. The third-order valence-electron chi connectivity index (χ3n) is 3.21. The summed E-state index contributed by atoms with van der Waals surface area (Å²) in [6.07, 6.45) is 1.11. The number of aromatic nitrogens is 1. The maximum absolute atomic E-state index is 4.71. The molecule has 1 N–H and O–H groups in total. The molecule has 2 heteroatoms. The number of nitrogens with one attached hydrogen (secondary N) is 1. The smallest absolute Gasteiger partial charge is 0.0708 e. The van der Waals surface area contributed by atoms with Crippen molar-refractivity contribution in [1.82, 2.24) is 10.3 Å². The molecule has 0 aliphatic carbocycles. The number of fused-ring (bicyclic) bond motifs is 2. The van der Waals surface area contributed by atoms with Crippen LogP contribution in [-0.4, -0.2) is 11.5 Å². The first-order valence-electron chi connectivity index (χ1n) is 5.44. The molecule has 0 bridgehead atoms. The van der Waals surface area contributed by atoms with Crippen LogP contribution in [0.1, 0.15) is 16.8 Å². The summed E-state index contributed by atoms with van der Waals surface area (Å²) in [7, 11) is 0. The van der Waals surface area contributed by atoms with Gasteiger partial charge in [-0.05, 0) is 37.1 Å². The van der Waals surface area contributed by atoms with Crippen LogP contribution in [0, 0.1) is 6.92 Å². The molecule has 0 saturated carbocycles. The van der Waals surface area contributed by atoms with Crippen LogP contribution >= 0.6 is 0 Å². The van der Waals surface area contributed by atoms with E-state index < -0.39 is 0 Å². The van der Waals surface area contributed by atoms with E-state index in [4.69, 9.17) is 4.98 Å². The summed E-state index contributed by atoms with van der Waals surface area (Å²) < 4.78 is 0. The third kappa shape index (κ3) is 1.33. The first-order chi connectivity index (χ1) is 7.36. The molecule has 1 aliphatic rings. The fourth-order valence-electron chi connectivity index (χ4n) is 2.38. The lowest BCUT2D eigenvalue weighted by molar-refractivity contribution is 0.627. The maximum atomic E-state index is 4.71. The summed E-state index contributed by atoms with van der Waals surface area (Å²) in [6.45, 7) is 4.21. The minimum atomic E-state index is 0.918. The second-order valence-electron chi connectivity index (χ2n) is 4.11. The van der Waals surface area contributed by atoms with Crippen molar-refractivity contribution in [1.29, 1.82) is 0 Å². The van der Waals surface area contributed by atoms with Gasteiger partial charge in [0.1, 0.15) is 0 Å². The molecule has 1 aromatic heterocycles. The van der Waals surface area contributed by atoms with Gasteiger partial charge in [-0.1, -0.05) is 18.2 Å². The third-order valence-corrected chi connectivity index (χ3v) is 3.21. The fraction of sp³-hybridized carbons (Fsp3) is 0.308. The second-order valence-corrected chi connectivity index (χ2v) is 4.11. The standard InChI is InChI=1S/C13H14N2/c1-9-10-4-2-3-5-12(10)15-13-8-14-7-6-11(9)13/h2-5,14H,6-8H2,1H3. The van der Waals surface area contributed by atoms with E-state index in [1.165, 1.54) is 22.2 Å². The van der Waals surface area contributed by atoms with Crippen LogP contribution in [-0.2, 0) is 13.0 Å². The van der Waals surface area contributed by atoms with Crippen molar-refractivity contribution in [3.05, 3.63) is 41.1 Å². The van der Waals surface area contributed by atoms with Crippen molar-refractivity contribution in [3.8, 4) is 0 Å². The summed E-state index contributed by atoms with van der Waals surface area (Å²) in [5, 5.41) is 4.67. The van der Waals surface area contributed by atoms with E-state index in [2.05, 4.69) is 36.5 Å². The van der Waals surface area contributed by atoms with Crippen LogP contribution in [0.2, 0.25) is 0 Å². The highest BCUT2D eigenvalue weighted by Crippen LogP contribution is 2.24. The molecule has 1 aromatic carbocycles. The number of benzene rings is 1. The quantitative estimate of drug-likeness (QED) is 0.702. The molecule has 0 fully saturated rings. The molecule has 0 unspecified atom stereocenters. The van der Waals surface area contributed by atoms with Crippen molar-refractivity contribution in [2.24, 2.45) is 0 Å². The van der Waals surface area contributed by atoms with Gasteiger partial charge in [0.05, 0.1) is 11.2 Å². The largest absolute Gasteiger partial charge is 0.311 e. The molecule has 3 rings (SSSR count). The van der Waals surface area contributed by atoms with E-state index in [9.17, 15) is 0 Å². The Morgan fingerprint density at radius 1 is 1.27 bits per heavy atom. The van der Waals surface area contributed by atoms with E-state index in [-0.39, 0.29) is 0 Å². The first-order valence-corrected chi connectivity index (χ1v) is 5.44. The number of aryl methyl sites for hydroxylation is 1. The van der Waals surface area contributed by atoms with Crippen LogP contribution in [0.25, 0.3) is 10.9 Å². The average molecular weight is 198 g/mol. The van der Waals surface area contributed by atoms with Gasteiger partial charge in [-0.15, -0.1) is 0 Å². The van der Waals surface area contributed by atoms with Gasteiger partial charge < -0.3 is 5.32 Å². The minimum Gasteiger partial charge on any atom is -0.311 e. The Balaban J connectivity index is 2.36. The highest BCUT2D eigenvalue weighted by Gasteiger charge is 2.14. The lowest BCUT2D eigenvalue weighted by atomic mass is 9.97. The van der Waals surface area contributed by atoms with Gasteiger partial charge in [0.15, 0.2) is 0 Å². The highest BCUT2D eigenvalue weighted by atomic mass is 14.9. The van der Waals surface area contributed by atoms with Crippen molar-refractivity contribution in [2.75, 3.05) is 6.54 Å². The van der Waals surface area contributed by atoms with E-state index >= 15 is 0 Å². The zero-order valence-corrected chi connectivity index (χ0v) is 8.88. The van der Waals surface area contributed by atoms with Gasteiger partial charge in [0, 0.05) is 11.9 Å². The Morgan fingerprint density at radius 2 is 2.13 bits per heavy atom. The Hall–Kier alpha value is -1.41. The minimum absolute atomic E-state index is 0.918. The van der Waals surface area contributed by atoms with Gasteiger partial charge in [0.25, 0.3) is 0 Å². The summed E-state index contributed by atoms with van der Waals surface area (Å²) in [6, 6.07) is 8.40. The van der Waals surface area contributed by atoms with Gasteiger partial charge >= 0.3 is 0 Å². The number of pyridine rings is 1. The zero-order chi connectivity index (χ0) is 10.3. The lowest BCUT2D eigenvalue weighted by Gasteiger charge is -2.19. The van der Waals surface area contributed by atoms with Gasteiger partial charge in [-0.3, -0.25) is 4.98 Å². The maximum Gasteiger partial charge on any atom is 0.0708 e. The lowest BCUT2D eigenvalue weighted by Crippen LogP contribution is -2.25. The molecule has 15 heavy (non-hydrogen) atoms. The van der Waals surface area contributed by atoms with Crippen LogP contribution < -0.4 is 5.32 Å². The molecule has 2 aromatic rings. The normalized spacial score (nSPS) is 15.3. The molecular weight excluding hydrogens is 184 g/mol. The van der Waals surface area contributed by atoms with Crippen LogP contribution in [0.15, 0.2) is 24.3 Å².